The Kier molecular flexibility index (Phi) is 3.27. The molecule has 0 fully saturated rings. The molecule has 0 N–H and O–H groups in total. The zero-order chi connectivity index (χ0) is 12.5. The molecule has 1 aliphatic rings. The van der Waals surface area contributed by atoms with E-state index in [0.29, 0.717) is 6.42 Å². The monoisotopic (exact) mass is 318 g/mol. The van der Waals surface area contributed by atoms with Crippen LogP contribution in [0, 0.1) is 0 Å². The van der Waals surface area contributed by atoms with Crippen molar-refractivity contribution in [2.45, 2.75) is 21.5 Å². The molecule has 1 nitrogen and oxygen atoms in total. The third-order valence-corrected chi connectivity index (χ3v) is 4.87. The van der Waals surface area contributed by atoms with Crippen molar-refractivity contribution in [3.05, 3.63) is 59.2 Å². The summed E-state index contributed by atoms with van der Waals surface area (Å²) in [5.41, 5.74) is 3.18. The van der Waals surface area contributed by atoms with Crippen LogP contribution in [-0.4, -0.2) is 5.78 Å². The van der Waals surface area contributed by atoms with Crippen LogP contribution in [0.4, 0.5) is 0 Å². The van der Waals surface area contributed by atoms with E-state index in [4.69, 9.17) is 0 Å². The van der Waals surface area contributed by atoms with E-state index in [0.717, 1.165) is 21.4 Å². The van der Waals surface area contributed by atoms with Gasteiger partial charge in [0.05, 0.1) is 0 Å². The van der Waals surface area contributed by atoms with Gasteiger partial charge >= 0.3 is 0 Å². The van der Waals surface area contributed by atoms with Crippen molar-refractivity contribution in [2.24, 2.45) is 0 Å². The lowest BCUT2D eigenvalue weighted by Gasteiger charge is -2.06. The van der Waals surface area contributed by atoms with Gasteiger partial charge in [-0.2, -0.15) is 0 Å². The maximum Gasteiger partial charge on any atom is 0.168 e. The van der Waals surface area contributed by atoms with E-state index in [1.165, 1.54) is 10.5 Å². The minimum atomic E-state index is 0.212. The number of alkyl halides is 1. The number of rotatable bonds is 1. The molecule has 1 aliphatic heterocycles. The number of carbonyl (C=O) groups excluding carboxylic acids is 1. The van der Waals surface area contributed by atoms with E-state index in [2.05, 4.69) is 28.1 Å². The third-order valence-electron chi connectivity index (χ3n) is 3.04. The lowest BCUT2D eigenvalue weighted by atomic mass is 10.0. The lowest BCUT2D eigenvalue weighted by molar-refractivity contribution is 0.0990. The van der Waals surface area contributed by atoms with Gasteiger partial charge in [0.25, 0.3) is 0 Å². The smallest absolute Gasteiger partial charge is 0.168 e. The van der Waals surface area contributed by atoms with E-state index < -0.39 is 0 Å². The van der Waals surface area contributed by atoms with Crippen LogP contribution in [0.2, 0.25) is 0 Å². The Morgan fingerprint density at radius 1 is 1.11 bits per heavy atom. The van der Waals surface area contributed by atoms with Gasteiger partial charge in [-0.1, -0.05) is 52.0 Å². The standard InChI is InChI=1S/C15H11BrOS/c16-9-10-5-6-12-13(17)8-11-3-1-2-4-14(11)18-15(12)7-10/h1-7H,8-9H2. The molecule has 3 heteroatoms. The molecule has 1 heterocycles. The summed E-state index contributed by atoms with van der Waals surface area (Å²) < 4.78 is 0. The van der Waals surface area contributed by atoms with E-state index in [9.17, 15) is 4.79 Å². The van der Waals surface area contributed by atoms with Crippen molar-refractivity contribution >= 4 is 33.5 Å². The maximum atomic E-state index is 12.2. The molecule has 0 amide bonds. The highest BCUT2D eigenvalue weighted by atomic mass is 79.9. The number of carbonyl (C=O) groups is 1. The van der Waals surface area contributed by atoms with Crippen molar-refractivity contribution < 1.29 is 4.79 Å². The molecule has 0 aromatic heterocycles. The summed E-state index contributed by atoms with van der Waals surface area (Å²) in [5.74, 6) is 0.212. The summed E-state index contributed by atoms with van der Waals surface area (Å²) in [6, 6.07) is 14.2. The highest BCUT2D eigenvalue weighted by Crippen LogP contribution is 2.37. The first-order valence-electron chi connectivity index (χ1n) is 5.76. The second kappa shape index (κ2) is 4.90. The summed E-state index contributed by atoms with van der Waals surface area (Å²) in [5, 5.41) is 0.816. The first-order chi connectivity index (χ1) is 8.78. The molecule has 0 unspecified atom stereocenters. The topological polar surface area (TPSA) is 17.1 Å². The summed E-state index contributed by atoms with van der Waals surface area (Å²) in [7, 11) is 0. The first kappa shape index (κ1) is 12.0. The lowest BCUT2D eigenvalue weighted by Crippen LogP contribution is -2.03. The van der Waals surface area contributed by atoms with Crippen LogP contribution < -0.4 is 0 Å². The zero-order valence-electron chi connectivity index (χ0n) is 9.65. The number of benzene rings is 2. The van der Waals surface area contributed by atoms with Gasteiger partial charge in [0.15, 0.2) is 5.78 Å². The Morgan fingerprint density at radius 3 is 2.78 bits per heavy atom. The van der Waals surface area contributed by atoms with E-state index >= 15 is 0 Å². The predicted octanol–water partition coefficient (Wildman–Crippen LogP) is 4.47. The number of ketones is 1. The SMILES string of the molecule is O=C1Cc2ccccc2Sc2cc(CBr)ccc21. The zero-order valence-corrected chi connectivity index (χ0v) is 12.1. The molecule has 0 saturated heterocycles. The first-order valence-corrected chi connectivity index (χ1v) is 7.69. The van der Waals surface area contributed by atoms with Crippen molar-refractivity contribution in [1.82, 2.24) is 0 Å². The molecule has 90 valence electrons. The number of halogens is 1. The molecule has 18 heavy (non-hydrogen) atoms. The Hall–Kier alpha value is -1.06. The minimum Gasteiger partial charge on any atom is -0.294 e. The van der Waals surface area contributed by atoms with Crippen molar-refractivity contribution in [1.29, 1.82) is 0 Å². The van der Waals surface area contributed by atoms with Gasteiger partial charge in [0.1, 0.15) is 0 Å². The Morgan fingerprint density at radius 2 is 1.94 bits per heavy atom. The van der Waals surface area contributed by atoms with Gasteiger partial charge in [0.2, 0.25) is 0 Å². The highest BCUT2D eigenvalue weighted by Gasteiger charge is 2.19. The molecule has 2 aromatic carbocycles. The van der Waals surface area contributed by atoms with Crippen molar-refractivity contribution in [2.75, 3.05) is 0 Å². The Balaban J connectivity index is 2.14. The van der Waals surface area contributed by atoms with Crippen LogP contribution in [0.5, 0.6) is 0 Å². The summed E-state index contributed by atoms with van der Waals surface area (Å²) in [6.07, 6.45) is 0.504. The number of Topliss-reactive ketones (excluding diaryl/α,β-unsaturated/α-hetero) is 1. The Bertz CT molecular complexity index is 622. The summed E-state index contributed by atoms with van der Waals surface area (Å²) in [4.78, 5) is 14.5. The van der Waals surface area contributed by atoms with Gasteiger partial charge in [-0.3, -0.25) is 4.79 Å². The van der Waals surface area contributed by atoms with E-state index in [-0.39, 0.29) is 5.78 Å². The van der Waals surface area contributed by atoms with Gasteiger partial charge < -0.3 is 0 Å². The fraction of sp³-hybridized carbons (Fsp3) is 0.133. The highest BCUT2D eigenvalue weighted by molar-refractivity contribution is 9.08. The van der Waals surface area contributed by atoms with Crippen LogP contribution in [0.15, 0.2) is 52.3 Å². The second-order valence-corrected chi connectivity index (χ2v) is 5.92. The second-order valence-electron chi connectivity index (χ2n) is 4.27. The minimum absolute atomic E-state index is 0.212. The summed E-state index contributed by atoms with van der Waals surface area (Å²) >= 11 is 5.15. The quantitative estimate of drug-likeness (QED) is 0.721. The molecule has 0 bridgehead atoms. The number of fused-ring (bicyclic) bond motifs is 2. The van der Waals surface area contributed by atoms with Gasteiger partial charge in [-0.15, -0.1) is 0 Å². The van der Waals surface area contributed by atoms with Crippen molar-refractivity contribution in [3.63, 3.8) is 0 Å². The average Bonchev–Trinajstić information content (AvgIpc) is 2.54. The molecular formula is C15H11BrOS. The van der Waals surface area contributed by atoms with E-state index in [1.54, 1.807) is 11.8 Å². The number of hydrogen-bond donors (Lipinski definition) is 0. The van der Waals surface area contributed by atoms with Gasteiger partial charge in [-0.05, 0) is 29.3 Å². The van der Waals surface area contributed by atoms with Gasteiger partial charge in [0, 0.05) is 27.1 Å². The van der Waals surface area contributed by atoms with E-state index in [1.807, 2.05) is 30.3 Å². The van der Waals surface area contributed by atoms with Crippen molar-refractivity contribution in [3.8, 4) is 0 Å². The third kappa shape index (κ3) is 2.13. The van der Waals surface area contributed by atoms with Crippen LogP contribution >= 0.6 is 27.7 Å². The van der Waals surface area contributed by atoms with Gasteiger partial charge in [-0.25, -0.2) is 0 Å². The number of hydrogen-bond acceptors (Lipinski definition) is 2. The fourth-order valence-corrected chi connectivity index (χ4v) is 3.61. The molecule has 0 aliphatic carbocycles. The maximum absolute atomic E-state index is 12.2. The van der Waals surface area contributed by atoms with Crippen LogP contribution in [-0.2, 0) is 11.8 Å². The van der Waals surface area contributed by atoms with Crippen LogP contribution in [0.25, 0.3) is 0 Å². The molecular weight excluding hydrogens is 308 g/mol. The molecule has 0 spiro atoms. The molecule has 0 radical (unpaired) electrons. The molecule has 2 aromatic rings. The predicted molar refractivity (Wildman–Crippen MR) is 77.7 cm³/mol. The largest absolute Gasteiger partial charge is 0.294 e. The van der Waals surface area contributed by atoms with Crippen LogP contribution in [0.3, 0.4) is 0 Å². The van der Waals surface area contributed by atoms with Crippen LogP contribution in [0.1, 0.15) is 21.5 Å². The average molecular weight is 319 g/mol. The normalized spacial score (nSPS) is 13.7. The fourth-order valence-electron chi connectivity index (χ4n) is 2.10. The Labute approximate surface area is 119 Å². The summed E-state index contributed by atoms with van der Waals surface area (Å²) in [6.45, 7) is 0. The molecule has 0 atom stereocenters. The molecule has 3 rings (SSSR count). The molecule has 0 saturated carbocycles.